The van der Waals surface area contributed by atoms with Crippen LogP contribution in [-0.2, 0) is 9.59 Å². The van der Waals surface area contributed by atoms with Gasteiger partial charge in [0.05, 0.1) is 5.39 Å². The third-order valence-electron chi connectivity index (χ3n) is 3.54. The van der Waals surface area contributed by atoms with E-state index in [0.29, 0.717) is 17.5 Å². The van der Waals surface area contributed by atoms with Gasteiger partial charge in [-0.3, -0.25) is 19.7 Å². The van der Waals surface area contributed by atoms with Crippen LogP contribution in [0.3, 0.4) is 0 Å². The van der Waals surface area contributed by atoms with Crippen molar-refractivity contribution in [3.05, 3.63) is 40.8 Å². The number of carbonyl (C=O) groups excluding carboxylic acids is 2. The van der Waals surface area contributed by atoms with Crippen LogP contribution in [0.4, 0.5) is 5.69 Å². The van der Waals surface area contributed by atoms with E-state index in [1.165, 1.54) is 4.57 Å². The fraction of sp³-hybridized carbons (Fsp3) is 0.214. The summed E-state index contributed by atoms with van der Waals surface area (Å²) in [6.07, 6.45) is 2.12. The monoisotopic (exact) mass is 271 g/mol. The Kier molecular flexibility index (Phi) is 2.78. The zero-order valence-corrected chi connectivity index (χ0v) is 10.6. The van der Waals surface area contributed by atoms with Crippen molar-refractivity contribution < 1.29 is 9.59 Å². The lowest BCUT2D eigenvalue weighted by molar-refractivity contribution is -0.135. The second kappa shape index (κ2) is 4.48. The average molecular weight is 271 g/mol. The molecule has 0 bridgehead atoms. The molecule has 6 heteroatoms. The highest BCUT2D eigenvalue weighted by Gasteiger charge is 2.28. The molecule has 2 heterocycles. The molecule has 0 radical (unpaired) electrons. The number of nitrogens with two attached hydrogens (primary N) is 1. The number of piperidine rings is 1. The predicted molar refractivity (Wildman–Crippen MR) is 74.0 cm³/mol. The van der Waals surface area contributed by atoms with E-state index in [2.05, 4.69) is 5.32 Å². The van der Waals surface area contributed by atoms with Gasteiger partial charge in [0, 0.05) is 18.3 Å². The Morgan fingerprint density at radius 1 is 1.20 bits per heavy atom. The number of nitrogens with one attached hydrogen (secondary N) is 1. The molecule has 2 aromatic rings. The van der Waals surface area contributed by atoms with Crippen LogP contribution in [0.2, 0.25) is 0 Å². The summed E-state index contributed by atoms with van der Waals surface area (Å²) in [6, 6.07) is 6.30. The Labute approximate surface area is 114 Å². The van der Waals surface area contributed by atoms with Crippen LogP contribution in [0.15, 0.2) is 35.3 Å². The van der Waals surface area contributed by atoms with Crippen molar-refractivity contribution in [2.45, 2.75) is 18.9 Å². The number of pyridine rings is 1. The quantitative estimate of drug-likeness (QED) is 0.585. The molecule has 0 aliphatic carbocycles. The summed E-state index contributed by atoms with van der Waals surface area (Å²) in [5.74, 6) is -0.753. The first-order valence-electron chi connectivity index (χ1n) is 6.31. The van der Waals surface area contributed by atoms with Crippen LogP contribution in [-0.4, -0.2) is 16.4 Å². The Bertz CT molecular complexity index is 779. The first kappa shape index (κ1) is 12.4. The number of aromatic nitrogens is 1. The second-order valence-corrected chi connectivity index (χ2v) is 4.81. The van der Waals surface area contributed by atoms with Crippen LogP contribution in [0, 0.1) is 0 Å². The molecule has 3 rings (SSSR count). The Morgan fingerprint density at radius 2 is 2.00 bits per heavy atom. The molecule has 1 unspecified atom stereocenters. The van der Waals surface area contributed by atoms with E-state index in [1.807, 2.05) is 0 Å². The summed E-state index contributed by atoms with van der Waals surface area (Å²) in [4.78, 5) is 35.5. The summed E-state index contributed by atoms with van der Waals surface area (Å²) < 4.78 is 1.35. The van der Waals surface area contributed by atoms with Gasteiger partial charge in [-0.25, -0.2) is 0 Å². The molecule has 0 saturated carbocycles. The molecule has 1 aliphatic rings. The predicted octanol–water partition coefficient (Wildman–Crippen LogP) is 0.561. The summed E-state index contributed by atoms with van der Waals surface area (Å²) >= 11 is 0. The molecule has 1 aromatic carbocycles. The number of hydrogen-bond acceptors (Lipinski definition) is 4. The number of nitrogen functional groups attached to an aromatic ring is 1. The lowest BCUT2D eigenvalue weighted by Crippen LogP contribution is -2.44. The van der Waals surface area contributed by atoms with Crippen molar-refractivity contribution >= 4 is 28.3 Å². The summed E-state index contributed by atoms with van der Waals surface area (Å²) in [5.41, 5.74) is 5.92. The molecule has 1 aromatic heterocycles. The molecule has 0 spiro atoms. The minimum atomic E-state index is -0.663. The van der Waals surface area contributed by atoms with Crippen LogP contribution < -0.4 is 16.6 Å². The zero-order valence-electron chi connectivity index (χ0n) is 10.6. The van der Waals surface area contributed by atoms with Crippen LogP contribution >= 0.6 is 0 Å². The minimum absolute atomic E-state index is 0.227. The highest BCUT2D eigenvalue weighted by atomic mass is 16.2. The van der Waals surface area contributed by atoms with Crippen molar-refractivity contribution in [2.75, 3.05) is 5.73 Å². The first-order chi connectivity index (χ1) is 9.58. The van der Waals surface area contributed by atoms with Gasteiger partial charge in [0.2, 0.25) is 11.8 Å². The van der Waals surface area contributed by atoms with Gasteiger partial charge < -0.3 is 10.3 Å². The Hall–Kier alpha value is -2.63. The molecule has 2 amide bonds. The number of imide groups is 1. The maximum atomic E-state index is 12.5. The van der Waals surface area contributed by atoms with E-state index in [0.717, 1.165) is 5.39 Å². The molecule has 6 nitrogen and oxygen atoms in total. The van der Waals surface area contributed by atoms with Gasteiger partial charge in [-0.1, -0.05) is 12.1 Å². The molecule has 102 valence electrons. The number of carbonyl (C=O) groups is 2. The van der Waals surface area contributed by atoms with Gasteiger partial charge in [-0.05, 0) is 23.9 Å². The van der Waals surface area contributed by atoms with Crippen molar-refractivity contribution in [3.8, 4) is 0 Å². The standard InChI is InChI=1S/C14H13N3O3/c15-9-3-1-2-8-6-7-17(14(20)12(8)9)10-4-5-11(18)16-13(10)19/h1-3,6-7,10H,4-5,15H2,(H,16,18,19). The van der Waals surface area contributed by atoms with E-state index in [1.54, 1.807) is 30.5 Å². The maximum Gasteiger partial charge on any atom is 0.261 e. The highest BCUT2D eigenvalue weighted by molar-refractivity contribution is 5.99. The van der Waals surface area contributed by atoms with Crippen LogP contribution in [0.1, 0.15) is 18.9 Å². The third-order valence-corrected chi connectivity index (χ3v) is 3.54. The topological polar surface area (TPSA) is 94.2 Å². The highest BCUT2D eigenvalue weighted by Crippen LogP contribution is 2.21. The van der Waals surface area contributed by atoms with E-state index in [-0.39, 0.29) is 17.9 Å². The molecule has 3 N–H and O–H groups in total. The Morgan fingerprint density at radius 3 is 2.75 bits per heavy atom. The normalized spacial score (nSPS) is 19.1. The smallest absolute Gasteiger partial charge is 0.261 e. The average Bonchev–Trinajstić information content (AvgIpc) is 2.40. The van der Waals surface area contributed by atoms with Crippen molar-refractivity contribution in [1.82, 2.24) is 9.88 Å². The fourth-order valence-electron chi connectivity index (χ4n) is 2.52. The van der Waals surface area contributed by atoms with Gasteiger partial charge in [-0.2, -0.15) is 0 Å². The van der Waals surface area contributed by atoms with Gasteiger partial charge in [0.1, 0.15) is 6.04 Å². The largest absolute Gasteiger partial charge is 0.398 e. The minimum Gasteiger partial charge on any atom is -0.398 e. The van der Waals surface area contributed by atoms with Gasteiger partial charge in [0.15, 0.2) is 0 Å². The Balaban J connectivity index is 2.16. The van der Waals surface area contributed by atoms with Gasteiger partial charge in [-0.15, -0.1) is 0 Å². The summed E-state index contributed by atoms with van der Waals surface area (Å²) in [5, 5.41) is 3.39. The number of benzene rings is 1. The second-order valence-electron chi connectivity index (χ2n) is 4.81. The summed E-state index contributed by atoms with van der Waals surface area (Å²) in [6.45, 7) is 0. The number of nitrogens with zero attached hydrogens (tertiary/aromatic N) is 1. The molecule has 1 fully saturated rings. The van der Waals surface area contributed by atoms with Crippen LogP contribution in [0.25, 0.3) is 10.8 Å². The van der Waals surface area contributed by atoms with E-state index < -0.39 is 11.9 Å². The van der Waals surface area contributed by atoms with E-state index in [9.17, 15) is 14.4 Å². The van der Waals surface area contributed by atoms with E-state index in [4.69, 9.17) is 5.73 Å². The van der Waals surface area contributed by atoms with E-state index >= 15 is 0 Å². The van der Waals surface area contributed by atoms with Crippen LogP contribution in [0.5, 0.6) is 0 Å². The zero-order chi connectivity index (χ0) is 14.3. The number of fused-ring (bicyclic) bond motifs is 1. The van der Waals surface area contributed by atoms with Crippen molar-refractivity contribution in [3.63, 3.8) is 0 Å². The molecule has 1 atom stereocenters. The van der Waals surface area contributed by atoms with Gasteiger partial charge >= 0.3 is 0 Å². The first-order valence-corrected chi connectivity index (χ1v) is 6.31. The fourth-order valence-corrected chi connectivity index (χ4v) is 2.52. The molecular formula is C14H13N3O3. The summed E-state index contributed by atoms with van der Waals surface area (Å²) in [7, 11) is 0. The molecule has 20 heavy (non-hydrogen) atoms. The number of anilines is 1. The molecular weight excluding hydrogens is 258 g/mol. The molecule has 1 saturated heterocycles. The number of hydrogen-bond donors (Lipinski definition) is 2. The third kappa shape index (κ3) is 1.85. The van der Waals surface area contributed by atoms with Crippen molar-refractivity contribution in [1.29, 1.82) is 0 Å². The maximum absolute atomic E-state index is 12.5. The number of amides is 2. The van der Waals surface area contributed by atoms with Gasteiger partial charge in [0.25, 0.3) is 5.56 Å². The molecule has 1 aliphatic heterocycles. The number of rotatable bonds is 1. The SMILES string of the molecule is Nc1cccc2ccn(C3CCC(=O)NC3=O)c(=O)c12. The lowest BCUT2D eigenvalue weighted by Gasteiger charge is -2.23. The lowest BCUT2D eigenvalue weighted by atomic mass is 10.0. The van der Waals surface area contributed by atoms with Crippen molar-refractivity contribution in [2.24, 2.45) is 0 Å².